The molecule has 0 saturated heterocycles. The summed E-state index contributed by atoms with van der Waals surface area (Å²) in [5, 5.41) is 15.9. The molecule has 18 heavy (non-hydrogen) atoms. The van der Waals surface area contributed by atoms with E-state index in [-0.39, 0.29) is 11.6 Å². The molecule has 1 aromatic carbocycles. The van der Waals surface area contributed by atoms with Crippen molar-refractivity contribution in [1.29, 1.82) is 0 Å². The highest BCUT2D eigenvalue weighted by atomic mass is 35.5. The molecule has 9 heteroatoms. The molecule has 0 fully saturated rings. The second-order valence-electron chi connectivity index (χ2n) is 3.44. The Morgan fingerprint density at radius 1 is 1.22 bits per heavy atom. The van der Waals surface area contributed by atoms with E-state index in [1.165, 1.54) is 4.63 Å². The second kappa shape index (κ2) is 4.04. The number of hydrogen-bond acceptors (Lipinski definition) is 6. The molecule has 0 unspecified atom stereocenters. The molecule has 90 valence electrons. The zero-order chi connectivity index (χ0) is 12.7. The van der Waals surface area contributed by atoms with Crippen molar-refractivity contribution in [2.45, 2.75) is 0 Å². The summed E-state index contributed by atoms with van der Waals surface area (Å²) in [4.78, 5) is 4.03. The first-order chi connectivity index (χ1) is 8.65. The molecule has 2 heterocycles. The van der Waals surface area contributed by atoms with Gasteiger partial charge in [-0.2, -0.15) is 4.98 Å². The Hall–Kier alpha value is -1.99. The molecule has 0 bridgehead atoms. The predicted molar refractivity (Wildman–Crippen MR) is 66.2 cm³/mol. The molecule has 3 rings (SSSR count). The van der Waals surface area contributed by atoms with Gasteiger partial charge in [0.05, 0.1) is 5.02 Å². The lowest BCUT2D eigenvalue weighted by atomic mass is 10.1. The molecule has 0 aliphatic rings. The third-order valence-electron chi connectivity index (χ3n) is 2.28. The minimum Gasteiger partial charge on any atom is -0.382 e. The number of rotatable bonds is 1. The summed E-state index contributed by atoms with van der Waals surface area (Å²) >= 11 is 11.9. The van der Waals surface area contributed by atoms with Gasteiger partial charge in [-0.25, -0.2) is 0 Å². The number of benzene rings is 1. The van der Waals surface area contributed by atoms with Gasteiger partial charge in [0.1, 0.15) is 5.69 Å². The normalized spacial score (nSPS) is 11.0. The Kier molecular flexibility index (Phi) is 2.49. The molecule has 0 amide bonds. The van der Waals surface area contributed by atoms with E-state index in [9.17, 15) is 0 Å². The topological polar surface area (TPSA) is 94.9 Å². The van der Waals surface area contributed by atoms with Crippen LogP contribution in [0.1, 0.15) is 0 Å². The fourth-order valence-electron chi connectivity index (χ4n) is 1.49. The molecular formula is C9H5Cl2N7. The zero-order valence-electron chi connectivity index (χ0n) is 8.75. The van der Waals surface area contributed by atoms with Crippen LogP contribution < -0.4 is 5.73 Å². The average molecular weight is 282 g/mol. The molecule has 2 N–H and O–H groups in total. The van der Waals surface area contributed by atoms with Crippen molar-refractivity contribution in [1.82, 2.24) is 30.2 Å². The summed E-state index contributed by atoms with van der Waals surface area (Å²) in [6.45, 7) is 0. The molecule has 0 spiro atoms. The van der Waals surface area contributed by atoms with Gasteiger partial charge < -0.3 is 5.73 Å². The van der Waals surface area contributed by atoms with Gasteiger partial charge >= 0.3 is 0 Å². The number of nitrogens with two attached hydrogens (primary N) is 1. The third kappa shape index (κ3) is 1.73. The van der Waals surface area contributed by atoms with Gasteiger partial charge in [0.2, 0.25) is 0 Å². The molecule has 0 aliphatic heterocycles. The smallest absolute Gasteiger partial charge is 0.293 e. The van der Waals surface area contributed by atoms with E-state index in [1.807, 2.05) is 0 Å². The zero-order valence-corrected chi connectivity index (χ0v) is 10.3. The van der Waals surface area contributed by atoms with E-state index in [2.05, 4.69) is 25.6 Å². The van der Waals surface area contributed by atoms with Gasteiger partial charge in [-0.1, -0.05) is 32.9 Å². The van der Waals surface area contributed by atoms with Crippen molar-refractivity contribution < 1.29 is 0 Å². The van der Waals surface area contributed by atoms with Gasteiger partial charge in [-0.3, -0.25) is 0 Å². The summed E-state index contributed by atoms with van der Waals surface area (Å²) < 4.78 is 1.18. The largest absolute Gasteiger partial charge is 0.382 e. The lowest BCUT2D eigenvalue weighted by Gasteiger charge is -2.05. The van der Waals surface area contributed by atoms with Crippen LogP contribution in [0.15, 0.2) is 18.2 Å². The molecule has 7 nitrogen and oxygen atoms in total. The Morgan fingerprint density at radius 3 is 2.83 bits per heavy atom. The van der Waals surface area contributed by atoms with Crippen LogP contribution in [0, 0.1) is 0 Å². The lowest BCUT2D eigenvalue weighted by Crippen LogP contribution is -2.05. The van der Waals surface area contributed by atoms with Crippen molar-refractivity contribution >= 4 is 34.8 Å². The minimum absolute atomic E-state index is 0.196. The second-order valence-corrected chi connectivity index (χ2v) is 4.28. The lowest BCUT2D eigenvalue weighted by molar-refractivity contribution is 0.730. The van der Waals surface area contributed by atoms with E-state index in [0.717, 1.165) is 0 Å². The van der Waals surface area contributed by atoms with Crippen LogP contribution in [-0.2, 0) is 0 Å². The summed E-state index contributed by atoms with van der Waals surface area (Å²) in [5.41, 5.74) is 6.82. The average Bonchev–Trinajstić information content (AvgIpc) is 2.75. The standard InChI is InChI=1S/C9H5Cl2N7/c10-4-1-2-5(6(11)3-4)7-8(12)13-9-14-16-17-18(9)15-7/h1-3H,(H2,12,13,14,17). The van der Waals surface area contributed by atoms with Crippen LogP contribution in [0.4, 0.5) is 5.82 Å². The quantitative estimate of drug-likeness (QED) is 0.726. The number of nitrogen functional groups attached to an aromatic ring is 1. The Labute approximate surface area is 111 Å². The van der Waals surface area contributed by atoms with Crippen LogP contribution in [0.25, 0.3) is 17.0 Å². The van der Waals surface area contributed by atoms with Gasteiger partial charge in [0.15, 0.2) is 5.82 Å². The van der Waals surface area contributed by atoms with E-state index < -0.39 is 0 Å². The number of anilines is 1. The Morgan fingerprint density at radius 2 is 2.06 bits per heavy atom. The molecule has 0 saturated carbocycles. The highest BCUT2D eigenvalue weighted by Crippen LogP contribution is 2.31. The first-order valence-electron chi connectivity index (χ1n) is 4.82. The number of fused-ring (bicyclic) bond motifs is 1. The molecular weight excluding hydrogens is 277 g/mol. The van der Waals surface area contributed by atoms with Crippen LogP contribution in [0.3, 0.4) is 0 Å². The first-order valence-corrected chi connectivity index (χ1v) is 5.58. The molecule has 0 aliphatic carbocycles. The van der Waals surface area contributed by atoms with Crippen molar-refractivity contribution in [2.75, 3.05) is 5.73 Å². The van der Waals surface area contributed by atoms with E-state index in [1.54, 1.807) is 18.2 Å². The fourth-order valence-corrected chi connectivity index (χ4v) is 1.99. The molecule has 2 aromatic heterocycles. The van der Waals surface area contributed by atoms with Crippen molar-refractivity contribution in [3.8, 4) is 11.3 Å². The van der Waals surface area contributed by atoms with E-state index >= 15 is 0 Å². The van der Waals surface area contributed by atoms with Crippen LogP contribution >= 0.6 is 23.2 Å². The Balaban J connectivity index is 2.26. The van der Waals surface area contributed by atoms with Crippen molar-refractivity contribution in [2.24, 2.45) is 0 Å². The SMILES string of the molecule is Nc1nc2nnnn2nc1-c1ccc(Cl)cc1Cl. The third-order valence-corrected chi connectivity index (χ3v) is 2.83. The monoisotopic (exact) mass is 281 g/mol. The number of tetrazole rings is 1. The minimum atomic E-state index is 0.196. The fraction of sp³-hybridized carbons (Fsp3) is 0. The van der Waals surface area contributed by atoms with E-state index in [0.29, 0.717) is 21.3 Å². The summed E-state index contributed by atoms with van der Waals surface area (Å²) in [6, 6.07) is 5.00. The maximum Gasteiger partial charge on any atom is 0.293 e. The maximum atomic E-state index is 6.09. The summed E-state index contributed by atoms with van der Waals surface area (Å²) in [5.74, 6) is 0.419. The first kappa shape index (κ1) is 11.1. The highest BCUT2D eigenvalue weighted by Gasteiger charge is 2.13. The number of hydrogen-bond donors (Lipinski definition) is 1. The maximum absolute atomic E-state index is 6.09. The highest BCUT2D eigenvalue weighted by molar-refractivity contribution is 6.36. The Bertz CT molecular complexity index is 739. The van der Waals surface area contributed by atoms with Gasteiger partial charge in [-0.15, -0.1) is 5.10 Å². The number of nitrogens with zero attached hydrogens (tertiary/aromatic N) is 6. The number of halogens is 2. The molecule has 0 radical (unpaired) electrons. The molecule has 3 aromatic rings. The van der Waals surface area contributed by atoms with Gasteiger partial charge in [0.25, 0.3) is 5.78 Å². The summed E-state index contributed by atoms with van der Waals surface area (Å²) in [7, 11) is 0. The van der Waals surface area contributed by atoms with E-state index in [4.69, 9.17) is 28.9 Å². The summed E-state index contributed by atoms with van der Waals surface area (Å²) in [6.07, 6.45) is 0. The van der Waals surface area contributed by atoms with Crippen LogP contribution in [0.2, 0.25) is 10.0 Å². The van der Waals surface area contributed by atoms with Crippen LogP contribution in [0.5, 0.6) is 0 Å². The predicted octanol–water partition coefficient (Wildman–Crippen LogP) is 1.47. The number of aromatic nitrogens is 6. The van der Waals surface area contributed by atoms with Crippen molar-refractivity contribution in [3.63, 3.8) is 0 Å². The molecule has 0 atom stereocenters. The van der Waals surface area contributed by atoms with Gasteiger partial charge in [0, 0.05) is 10.6 Å². The van der Waals surface area contributed by atoms with Crippen molar-refractivity contribution in [3.05, 3.63) is 28.2 Å². The van der Waals surface area contributed by atoms with Crippen LogP contribution in [-0.4, -0.2) is 30.2 Å². The van der Waals surface area contributed by atoms with Gasteiger partial charge in [-0.05, 0) is 28.6 Å².